The molecule has 3 aliphatic heterocycles. The minimum absolute atomic E-state index is 0.0229. The first-order valence-electron chi connectivity index (χ1n) is 27.3. The molecule has 7 heteroatoms. The monoisotopic (exact) mass is 944 g/mol. The lowest BCUT2D eigenvalue weighted by Crippen LogP contribution is -2.50. The average Bonchev–Trinajstić information content (AvgIpc) is 3.20. The Morgan fingerprint density at radius 3 is 1.25 bits per heavy atom. The third-order valence-electron chi connectivity index (χ3n) is 16.2. The number of hydrogen-bond acceptors (Lipinski definition) is 7. The summed E-state index contributed by atoms with van der Waals surface area (Å²) >= 11 is 0. The van der Waals surface area contributed by atoms with Crippen LogP contribution in [0.3, 0.4) is 0 Å². The highest BCUT2D eigenvalue weighted by atomic mass is 16.3. The number of nitrogens with one attached hydrogen (secondary N) is 1. The second kappa shape index (κ2) is 29.1. The van der Waals surface area contributed by atoms with Gasteiger partial charge in [0.15, 0.2) is 0 Å². The second-order valence-corrected chi connectivity index (χ2v) is 27.8. The summed E-state index contributed by atoms with van der Waals surface area (Å²) in [5.74, 6) is 3.74. The number of piperidine rings is 3. The molecule has 3 saturated heterocycles. The molecule has 7 nitrogen and oxygen atoms in total. The summed E-state index contributed by atoms with van der Waals surface area (Å²) < 4.78 is 0. The van der Waals surface area contributed by atoms with Gasteiger partial charge in [-0.05, 0) is 161 Å². The predicted octanol–water partition coefficient (Wildman–Crippen LogP) is 14.7. The number of Topliss-reactive ketones (excluding diaryl/α,β-unsaturated/α-hetero) is 2. The Morgan fingerprint density at radius 1 is 0.597 bits per heavy atom. The van der Waals surface area contributed by atoms with Crippen molar-refractivity contribution in [2.45, 2.75) is 246 Å². The molecule has 0 amide bonds. The smallest absolute Gasteiger partial charge is 0.143 e. The van der Waals surface area contributed by atoms with Crippen LogP contribution in [-0.2, 0) is 9.59 Å². The molecule has 0 aromatic rings. The summed E-state index contributed by atoms with van der Waals surface area (Å²) in [5.41, 5.74) is 2.27. The lowest BCUT2D eigenvalue weighted by atomic mass is 9.71. The molecule has 5 fully saturated rings. The molecule has 5 aliphatic rings. The van der Waals surface area contributed by atoms with Crippen molar-refractivity contribution >= 4 is 11.6 Å². The largest absolute Gasteiger partial charge is 0.393 e. The molecule has 5 rings (SSSR count). The second-order valence-electron chi connectivity index (χ2n) is 27.8. The van der Waals surface area contributed by atoms with Gasteiger partial charge in [-0.1, -0.05) is 170 Å². The van der Waals surface area contributed by atoms with Gasteiger partial charge in [0.25, 0.3) is 0 Å². The molecule has 0 aromatic carbocycles. The predicted molar refractivity (Wildman–Crippen MR) is 292 cm³/mol. The summed E-state index contributed by atoms with van der Waals surface area (Å²) in [6, 6.07) is 0. The van der Waals surface area contributed by atoms with Crippen LogP contribution in [0.15, 0.2) is 24.9 Å². The number of rotatable bonds is 4. The molecule has 0 spiro atoms. The maximum Gasteiger partial charge on any atom is 0.143 e. The van der Waals surface area contributed by atoms with Crippen molar-refractivity contribution in [3.8, 4) is 0 Å². The maximum absolute atomic E-state index is 10.9. The van der Waals surface area contributed by atoms with E-state index >= 15 is 0 Å². The standard InChI is InChI=1S/C13H23N.C12H23NO.C10H20O.C10H20.C9H19NO.C6H12O/c1-6-11(2)14-9-7-12(8-10-14)13(3,4)5;1-10(14)9-13-7-5-11(6-8-13)12(2,3)4;1-10(2,3)8-6-4-5-7-9(8)11;1-10(2,3)9-7-5-4-6-8-9;1-8(2,3)9(11)4-6-10-7-5-9;1-5(7)6(2,3)4/h6,12H,1-2,7-10H2,3-5H3;11H,5-9H2,1-4H3;8-9,11H,4-7H2,1-3H3;9H,4-8H2,1-3H3;10-11H,4-7H2,1-3H3;1-4H3. The van der Waals surface area contributed by atoms with Crippen molar-refractivity contribution in [3.63, 3.8) is 0 Å². The lowest BCUT2D eigenvalue weighted by molar-refractivity contribution is -0.124. The number of aliphatic hydroxyl groups is 2. The highest BCUT2D eigenvalue weighted by molar-refractivity contribution is 5.80. The summed E-state index contributed by atoms with van der Waals surface area (Å²) in [7, 11) is 0. The van der Waals surface area contributed by atoms with Gasteiger partial charge in [0, 0.05) is 24.2 Å². The number of aliphatic hydroxyl groups excluding tert-OH is 1. The molecular formula is C60H117N3O4. The van der Waals surface area contributed by atoms with Crippen molar-refractivity contribution in [2.24, 2.45) is 56.2 Å². The molecule has 2 saturated carbocycles. The topological polar surface area (TPSA) is 93.1 Å². The number of hydrogen-bond donors (Lipinski definition) is 3. The summed E-state index contributed by atoms with van der Waals surface area (Å²) in [6.07, 6.45) is 20.8. The van der Waals surface area contributed by atoms with Gasteiger partial charge in [-0.3, -0.25) is 14.5 Å². The fourth-order valence-corrected chi connectivity index (χ4v) is 10.1. The quantitative estimate of drug-likeness (QED) is 0.242. The lowest BCUT2D eigenvalue weighted by Gasteiger charge is -2.43. The van der Waals surface area contributed by atoms with Crippen molar-refractivity contribution in [1.29, 1.82) is 0 Å². The van der Waals surface area contributed by atoms with Gasteiger partial charge in [-0.15, -0.1) is 0 Å². The molecule has 0 bridgehead atoms. The number of ketones is 2. The van der Waals surface area contributed by atoms with E-state index in [-0.39, 0.29) is 22.7 Å². The van der Waals surface area contributed by atoms with Crippen LogP contribution >= 0.6 is 0 Å². The number of allylic oxidation sites excluding steroid dienone is 1. The SMILES string of the molecule is C=CC(=C)N1CCC(C(C)(C)C)CC1.CC(=O)C(C)(C)C.CC(=O)CN1CCC(C(C)(C)C)CC1.CC(C)(C)C1(O)CCNCC1.CC(C)(C)C1CCCCC1.CC(C)(C)C1CCCCC1O. The highest BCUT2D eigenvalue weighted by Gasteiger charge is 2.40. The first-order valence-corrected chi connectivity index (χ1v) is 27.3. The molecule has 2 unspecified atom stereocenters. The zero-order chi connectivity index (χ0) is 52.2. The van der Waals surface area contributed by atoms with Gasteiger partial charge < -0.3 is 20.4 Å². The minimum Gasteiger partial charge on any atom is -0.393 e. The molecular weight excluding hydrogens is 827 g/mol. The van der Waals surface area contributed by atoms with Gasteiger partial charge in [0.1, 0.15) is 11.6 Å². The fourth-order valence-electron chi connectivity index (χ4n) is 10.1. The van der Waals surface area contributed by atoms with E-state index in [9.17, 15) is 19.8 Å². The average molecular weight is 945 g/mol. The van der Waals surface area contributed by atoms with E-state index in [1.54, 1.807) is 13.8 Å². The number of carbonyl (C=O) groups is 2. The summed E-state index contributed by atoms with van der Waals surface area (Å²) in [5, 5.41) is 23.1. The van der Waals surface area contributed by atoms with Crippen molar-refractivity contribution in [3.05, 3.63) is 24.9 Å². The molecule has 67 heavy (non-hydrogen) atoms. The Balaban J connectivity index is 0.000000790. The van der Waals surface area contributed by atoms with E-state index in [4.69, 9.17) is 0 Å². The van der Waals surface area contributed by atoms with E-state index in [0.29, 0.717) is 39.9 Å². The van der Waals surface area contributed by atoms with Crippen LogP contribution in [0, 0.1) is 56.2 Å². The highest BCUT2D eigenvalue weighted by Crippen LogP contribution is 2.40. The van der Waals surface area contributed by atoms with E-state index in [1.165, 1.54) is 77.0 Å². The molecule has 3 heterocycles. The maximum atomic E-state index is 10.9. The van der Waals surface area contributed by atoms with E-state index in [2.05, 4.69) is 132 Å². The van der Waals surface area contributed by atoms with Gasteiger partial charge in [0.05, 0.1) is 18.2 Å². The van der Waals surface area contributed by atoms with Crippen molar-refractivity contribution in [2.75, 3.05) is 45.8 Å². The molecule has 2 aliphatic carbocycles. The van der Waals surface area contributed by atoms with Gasteiger partial charge in [-0.25, -0.2) is 0 Å². The van der Waals surface area contributed by atoms with Crippen molar-refractivity contribution < 1.29 is 19.8 Å². The summed E-state index contributed by atoms with van der Waals surface area (Å²) in [4.78, 5) is 26.0. The molecule has 0 aromatic heterocycles. The van der Waals surface area contributed by atoms with Gasteiger partial charge in [-0.2, -0.15) is 0 Å². The van der Waals surface area contributed by atoms with Gasteiger partial charge >= 0.3 is 0 Å². The first-order chi connectivity index (χ1) is 30.4. The van der Waals surface area contributed by atoms with Crippen molar-refractivity contribution in [1.82, 2.24) is 15.1 Å². The zero-order valence-corrected chi connectivity index (χ0v) is 48.5. The Bertz CT molecular complexity index is 1380. The molecule has 396 valence electrons. The van der Waals surface area contributed by atoms with E-state index in [0.717, 1.165) is 82.0 Å². The Kier molecular flexibility index (Phi) is 28.4. The van der Waals surface area contributed by atoms with E-state index < -0.39 is 5.60 Å². The fraction of sp³-hybridized carbons (Fsp3) is 0.900. The number of carbonyl (C=O) groups excluding carboxylic acids is 2. The van der Waals surface area contributed by atoms with Crippen LogP contribution in [0.5, 0.6) is 0 Å². The normalized spacial score (nSPS) is 22.8. The van der Waals surface area contributed by atoms with Crippen LogP contribution in [0.25, 0.3) is 0 Å². The number of nitrogens with zero attached hydrogens (tertiary/aromatic N) is 2. The van der Waals surface area contributed by atoms with Crippen LogP contribution in [0.2, 0.25) is 0 Å². The number of likely N-dealkylation sites (tertiary alicyclic amines) is 2. The Hall–Kier alpha value is -1.54. The summed E-state index contributed by atoms with van der Waals surface area (Å²) in [6.45, 7) is 58.0. The molecule has 3 N–H and O–H groups in total. The molecule has 2 atom stereocenters. The zero-order valence-electron chi connectivity index (χ0n) is 48.5. The minimum atomic E-state index is -0.446. The Morgan fingerprint density at radius 2 is 0.970 bits per heavy atom. The van der Waals surface area contributed by atoms with Crippen LogP contribution in [0.4, 0.5) is 0 Å². The van der Waals surface area contributed by atoms with Crippen LogP contribution < -0.4 is 5.32 Å². The van der Waals surface area contributed by atoms with Gasteiger partial charge in [0.2, 0.25) is 0 Å². The third-order valence-corrected chi connectivity index (χ3v) is 16.2. The first kappa shape index (κ1) is 65.5. The molecule has 0 radical (unpaired) electrons. The van der Waals surface area contributed by atoms with Crippen LogP contribution in [-0.4, -0.2) is 89.1 Å². The Labute approximate surface area is 418 Å². The van der Waals surface area contributed by atoms with E-state index in [1.807, 2.05) is 26.8 Å². The third kappa shape index (κ3) is 27.0. The van der Waals surface area contributed by atoms with Crippen LogP contribution in [0.1, 0.15) is 235 Å².